The molecular formula is C25H34BrF2NO. The van der Waals surface area contributed by atoms with Crippen molar-refractivity contribution in [2.75, 3.05) is 19.7 Å². The van der Waals surface area contributed by atoms with Crippen LogP contribution in [0.2, 0.25) is 0 Å². The number of halogens is 3. The number of nitrogens with one attached hydrogen (secondary N) is 1. The van der Waals surface area contributed by atoms with Crippen LogP contribution in [0.4, 0.5) is 8.78 Å². The Hall–Kier alpha value is -1.30. The van der Waals surface area contributed by atoms with Gasteiger partial charge in [-0.1, -0.05) is 43.5 Å². The Balaban J connectivity index is 0.00000320. The summed E-state index contributed by atoms with van der Waals surface area (Å²) >= 11 is 0. The molecular weight excluding hydrogens is 448 g/mol. The quantitative estimate of drug-likeness (QED) is 0.433. The molecule has 166 valence electrons. The van der Waals surface area contributed by atoms with E-state index in [1.807, 2.05) is 0 Å². The van der Waals surface area contributed by atoms with Crippen LogP contribution in [0.25, 0.3) is 0 Å². The summed E-state index contributed by atoms with van der Waals surface area (Å²) in [5, 5.41) is 3.65. The lowest BCUT2D eigenvalue weighted by Gasteiger charge is -2.25. The zero-order valence-corrected chi connectivity index (χ0v) is 19.8. The molecule has 0 radical (unpaired) electrons. The minimum absolute atomic E-state index is 0. The van der Waals surface area contributed by atoms with Gasteiger partial charge in [-0.05, 0) is 68.0 Å². The standard InChI is InChI=1S/C25H33F2NO.BrH/c1-18-8-6-9-19(2)25(18)21(15-28-14-20-10-4-3-5-11-20)16-29-17-22-23(26)12-7-13-24(22)27;/h6-9,12-13,20-21,28H,3-5,10-11,14-17H2,1-2H3;1H. The van der Waals surface area contributed by atoms with Gasteiger partial charge in [0.15, 0.2) is 0 Å². The first-order chi connectivity index (χ1) is 14.1. The summed E-state index contributed by atoms with van der Waals surface area (Å²) in [5.41, 5.74) is 3.74. The molecule has 0 spiro atoms. The molecule has 1 saturated carbocycles. The molecule has 1 aliphatic carbocycles. The highest BCUT2D eigenvalue weighted by molar-refractivity contribution is 8.93. The third-order valence-electron chi connectivity index (χ3n) is 6.13. The van der Waals surface area contributed by atoms with Gasteiger partial charge in [0.2, 0.25) is 0 Å². The van der Waals surface area contributed by atoms with E-state index in [-0.39, 0.29) is 35.1 Å². The van der Waals surface area contributed by atoms with E-state index in [2.05, 4.69) is 37.4 Å². The van der Waals surface area contributed by atoms with Crippen molar-refractivity contribution < 1.29 is 13.5 Å². The van der Waals surface area contributed by atoms with Crippen LogP contribution in [-0.2, 0) is 11.3 Å². The Kier molecular flexibility index (Phi) is 10.4. The molecule has 1 N–H and O–H groups in total. The number of aryl methyl sites for hydroxylation is 2. The smallest absolute Gasteiger partial charge is 0.131 e. The first kappa shape index (κ1) is 25.0. The van der Waals surface area contributed by atoms with Gasteiger partial charge in [0.25, 0.3) is 0 Å². The number of benzene rings is 2. The first-order valence-electron chi connectivity index (χ1n) is 10.8. The number of ether oxygens (including phenoxy) is 1. The van der Waals surface area contributed by atoms with Crippen LogP contribution in [0.1, 0.15) is 60.3 Å². The molecule has 0 saturated heterocycles. The fraction of sp³-hybridized carbons (Fsp3) is 0.520. The second-order valence-electron chi connectivity index (χ2n) is 8.38. The average Bonchev–Trinajstić information content (AvgIpc) is 2.70. The van der Waals surface area contributed by atoms with E-state index in [9.17, 15) is 8.78 Å². The molecule has 0 bridgehead atoms. The van der Waals surface area contributed by atoms with Gasteiger partial charge in [0.1, 0.15) is 11.6 Å². The summed E-state index contributed by atoms with van der Waals surface area (Å²) in [6.45, 7) is 6.45. The minimum atomic E-state index is -0.552. The van der Waals surface area contributed by atoms with Crippen LogP contribution in [0.5, 0.6) is 0 Å². The Morgan fingerprint density at radius 2 is 1.57 bits per heavy atom. The lowest BCUT2D eigenvalue weighted by atomic mass is 9.88. The highest BCUT2D eigenvalue weighted by atomic mass is 79.9. The second kappa shape index (κ2) is 12.5. The number of rotatable bonds is 9. The first-order valence-corrected chi connectivity index (χ1v) is 10.8. The topological polar surface area (TPSA) is 21.3 Å². The van der Waals surface area contributed by atoms with E-state index < -0.39 is 11.6 Å². The molecule has 1 aliphatic rings. The average molecular weight is 482 g/mol. The minimum Gasteiger partial charge on any atom is -0.376 e. The summed E-state index contributed by atoms with van der Waals surface area (Å²) in [5.74, 6) is -0.196. The molecule has 0 aliphatic heterocycles. The van der Waals surface area contributed by atoms with Crippen molar-refractivity contribution in [3.05, 3.63) is 70.3 Å². The SMILES string of the molecule is Br.Cc1cccc(C)c1C(CNCC1CCCCC1)COCc1c(F)cccc1F. The van der Waals surface area contributed by atoms with Crippen molar-refractivity contribution in [2.24, 2.45) is 5.92 Å². The van der Waals surface area contributed by atoms with Gasteiger partial charge in [-0.2, -0.15) is 0 Å². The van der Waals surface area contributed by atoms with Crippen LogP contribution in [0, 0.1) is 31.4 Å². The predicted molar refractivity (Wildman–Crippen MR) is 124 cm³/mol. The van der Waals surface area contributed by atoms with E-state index in [4.69, 9.17) is 4.74 Å². The zero-order chi connectivity index (χ0) is 20.6. The van der Waals surface area contributed by atoms with Gasteiger partial charge in [0, 0.05) is 18.0 Å². The highest BCUT2D eigenvalue weighted by Gasteiger charge is 2.19. The summed E-state index contributed by atoms with van der Waals surface area (Å²) < 4.78 is 33.6. The molecule has 2 nitrogen and oxygen atoms in total. The van der Waals surface area contributed by atoms with Gasteiger partial charge in [-0.15, -0.1) is 17.0 Å². The van der Waals surface area contributed by atoms with Gasteiger partial charge in [0.05, 0.1) is 13.2 Å². The van der Waals surface area contributed by atoms with Gasteiger partial charge in [-0.25, -0.2) is 8.78 Å². The third kappa shape index (κ3) is 6.86. The predicted octanol–water partition coefficient (Wildman–Crippen LogP) is 6.63. The molecule has 0 aromatic heterocycles. The van der Waals surface area contributed by atoms with Gasteiger partial charge in [-0.3, -0.25) is 0 Å². The van der Waals surface area contributed by atoms with Crippen LogP contribution < -0.4 is 5.32 Å². The van der Waals surface area contributed by atoms with Crippen LogP contribution >= 0.6 is 17.0 Å². The van der Waals surface area contributed by atoms with E-state index in [0.717, 1.165) is 19.0 Å². The molecule has 30 heavy (non-hydrogen) atoms. The van der Waals surface area contributed by atoms with E-state index in [0.29, 0.717) is 6.61 Å². The highest BCUT2D eigenvalue weighted by Crippen LogP contribution is 2.26. The van der Waals surface area contributed by atoms with Gasteiger partial charge < -0.3 is 10.1 Å². The van der Waals surface area contributed by atoms with Crippen molar-refractivity contribution in [2.45, 2.75) is 58.5 Å². The third-order valence-corrected chi connectivity index (χ3v) is 6.13. The molecule has 0 amide bonds. The monoisotopic (exact) mass is 481 g/mol. The Morgan fingerprint density at radius 3 is 2.20 bits per heavy atom. The summed E-state index contributed by atoms with van der Waals surface area (Å²) in [6, 6.07) is 10.2. The van der Waals surface area contributed by atoms with Crippen molar-refractivity contribution in [3.8, 4) is 0 Å². The van der Waals surface area contributed by atoms with Crippen molar-refractivity contribution >= 4 is 17.0 Å². The largest absolute Gasteiger partial charge is 0.376 e. The maximum absolute atomic E-state index is 13.9. The molecule has 1 unspecified atom stereocenters. The van der Waals surface area contributed by atoms with Crippen LogP contribution in [0.3, 0.4) is 0 Å². The molecule has 1 fully saturated rings. The van der Waals surface area contributed by atoms with Crippen LogP contribution in [0.15, 0.2) is 36.4 Å². The fourth-order valence-corrected chi connectivity index (χ4v) is 4.54. The summed E-state index contributed by atoms with van der Waals surface area (Å²) in [4.78, 5) is 0. The molecule has 2 aromatic rings. The molecule has 1 atom stereocenters. The summed E-state index contributed by atoms with van der Waals surface area (Å²) in [7, 11) is 0. The molecule has 0 heterocycles. The van der Waals surface area contributed by atoms with Crippen LogP contribution in [-0.4, -0.2) is 19.7 Å². The summed E-state index contributed by atoms with van der Waals surface area (Å²) in [6.07, 6.45) is 6.66. The maximum atomic E-state index is 13.9. The lowest BCUT2D eigenvalue weighted by molar-refractivity contribution is 0.101. The van der Waals surface area contributed by atoms with E-state index >= 15 is 0 Å². The Bertz CT molecular complexity index is 752. The number of hydrogen-bond donors (Lipinski definition) is 1. The van der Waals surface area contributed by atoms with Crippen molar-refractivity contribution in [1.29, 1.82) is 0 Å². The molecule has 3 rings (SSSR count). The Morgan fingerprint density at radius 1 is 0.967 bits per heavy atom. The van der Waals surface area contributed by atoms with Gasteiger partial charge >= 0.3 is 0 Å². The number of hydrogen-bond acceptors (Lipinski definition) is 2. The van der Waals surface area contributed by atoms with Crippen molar-refractivity contribution in [3.63, 3.8) is 0 Å². The Labute approximate surface area is 190 Å². The lowest BCUT2D eigenvalue weighted by Crippen LogP contribution is -2.30. The maximum Gasteiger partial charge on any atom is 0.131 e. The second-order valence-corrected chi connectivity index (χ2v) is 8.38. The molecule has 2 aromatic carbocycles. The fourth-order valence-electron chi connectivity index (χ4n) is 4.54. The van der Waals surface area contributed by atoms with E-state index in [1.54, 1.807) is 0 Å². The zero-order valence-electron chi connectivity index (χ0n) is 18.1. The van der Waals surface area contributed by atoms with E-state index in [1.165, 1.54) is 67.0 Å². The molecule has 5 heteroatoms. The van der Waals surface area contributed by atoms with Crippen molar-refractivity contribution in [1.82, 2.24) is 5.32 Å². The normalized spacial score (nSPS) is 15.6.